The van der Waals surface area contributed by atoms with E-state index in [2.05, 4.69) is 5.32 Å². The van der Waals surface area contributed by atoms with Crippen molar-refractivity contribution in [2.45, 2.75) is 20.0 Å². The van der Waals surface area contributed by atoms with Crippen molar-refractivity contribution in [3.05, 3.63) is 60.2 Å². The fraction of sp³-hybridized carbons (Fsp3) is 0.211. The first-order valence-corrected chi connectivity index (χ1v) is 7.46. The van der Waals surface area contributed by atoms with Gasteiger partial charge in [-0.2, -0.15) is 0 Å². The number of benzene rings is 2. The van der Waals surface area contributed by atoms with Gasteiger partial charge in [0.1, 0.15) is 11.5 Å². The van der Waals surface area contributed by atoms with Crippen LogP contribution < -0.4 is 14.8 Å². The highest BCUT2D eigenvalue weighted by Crippen LogP contribution is 2.18. The molecule has 0 spiro atoms. The standard InChI is InChI=1S/C19H21NO3/c1-14(2)23-18-9-4-6-15(12-18)10-11-19(21)20-16-7-5-8-17(13-16)22-3/h4-14H,1-3H3,(H,20,21)/b11-10+. The van der Waals surface area contributed by atoms with Gasteiger partial charge in [0.25, 0.3) is 0 Å². The maximum absolute atomic E-state index is 12.0. The Balaban J connectivity index is 2.00. The van der Waals surface area contributed by atoms with Crippen molar-refractivity contribution in [2.24, 2.45) is 0 Å². The largest absolute Gasteiger partial charge is 0.497 e. The number of hydrogen-bond acceptors (Lipinski definition) is 3. The first-order chi connectivity index (χ1) is 11.1. The van der Waals surface area contributed by atoms with Gasteiger partial charge in [-0.3, -0.25) is 4.79 Å². The van der Waals surface area contributed by atoms with Gasteiger partial charge in [0.05, 0.1) is 13.2 Å². The SMILES string of the molecule is COc1cccc(NC(=O)/C=C/c2cccc(OC(C)C)c2)c1. The lowest BCUT2D eigenvalue weighted by molar-refractivity contribution is -0.111. The molecule has 120 valence electrons. The zero-order chi connectivity index (χ0) is 16.7. The zero-order valence-corrected chi connectivity index (χ0v) is 13.6. The molecule has 0 saturated heterocycles. The monoisotopic (exact) mass is 311 g/mol. The lowest BCUT2D eigenvalue weighted by Crippen LogP contribution is -2.07. The zero-order valence-electron chi connectivity index (χ0n) is 13.6. The quantitative estimate of drug-likeness (QED) is 0.816. The minimum Gasteiger partial charge on any atom is -0.497 e. The van der Waals surface area contributed by atoms with Gasteiger partial charge in [0, 0.05) is 17.8 Å². The minimum atomic E-state index is -0.201. The van der Waals surface area contributed by atoms with E-state index < -0.39 is 0 Å². The Morgan fingerprint density at radius 1 is 1.09 bits per heavy atom. The van der Waals surface area contributed by atoms with Crippen molar-refractivity contribution in [1.82, 2.24) is 0 Å². The Hall–Kier alpha value is -2.75. The van der Waals surface area contributed by atoms with Crippen LogP contribution in [0.3, 0.4) is 0 Å². The molecule has 1 N–H and O–H groups in total. The third-order valence-electron chi connectivity index (χ3n) is 2.99. The Kier molecular flexibility index (Phi) is 5.80. The van der Waals surface area contributed by atoms with Gasteiger partial charge in [0.15, 0.2) is 0 Å². The minimum absolute atomic E-state index is 0.116. The lowest BCUT2D eigenvalue weighted by Gasteiger charge is -2.09. The fourth-order valence-electron chi connectivity index (χ4n) is 2.02. The van der Waals surface area contributed by atoms with E-state index in [-0.39, 0.29) is 12.0 Å². The van der Waals surface area contributed by atoms with E-state index in [4.69, 9.17) is 9.47 Å². The average Bonchev–Trinajstić information content (AvgIpc) is 2.53. The molecule has 4 nitrogen and oxygen atoms in total. The molecule has 0 aliphatic heterocycles. The lowest BCUT2D eigenvalue weighted by atomic mass is 10.2. The van der Waals surface area contributed by atoms with Gasteiger partial charge in [-0.15, -0.1) is 0 Å². The normalized spacial score (nSPS) is 10.8. The highest BCUT2D eigenvalue weighted by Gasteiger charge is 2.01. The molecule has 23 heavy (non-hydrogen) atoms. The topological polar surface area (TPSA) is 47.6 Å². The number of rotatable bonds is 6. The smallest absolute Gasteiger partial charge is 0.248 e. The van der Waals surface area contributed by atoms with Crippen LogP contribution in [-0.2, 0) is 4.79 Å². The molecule has 4 heteroatoms. The van der Waals surface area contributed by atoms with Crippen LogP contribution >= 0.6 is 0 Å². The van der Waals surface area contributed by atoms with Crippen molar-refractivity contribution < 1.29 is 14.3 Å². The molecule has 0 heterocycles. The Labute approximate surface area is 136 Å². The van der Waals surface area contributed by atoms with Gasteiger partial charge < -0.3 is 14.8 Å². The number of nitrogens with one attached hydrogen (secondary N) is 1. The summed E-state index contributed by atoms with van der Waals surface area (Å²) in [6.07, 6.45) is 3.36. The molecule has 2 aromatic rings. The van der Waals surface area contributed by atoms with E-state index in [9.17, 15) is 4.79 Å². The molecular weight excluding hydrogens is 290 g/mol. The molecule has 0 saturated carbocycles. The van der Waals surface area contributed by atoms with Crippen LogP contribution in [0.5, 0.6) is 11.5 Å². The predicted molar refractivity (Wildman–Crippen MR) is 92.9 cm³/mol. The van der Waals surface area contributed by atoms with Gasteiger partial charge in [0.2, 0.25) is 5.91 Å². The number of carbonyl (C=O) groups excluding carboxylic acids is 1. The van der Waals surface area contributed by atoms with Crippen LogP contribution in [0, 0.1) is 0 Å². The summed E-state index contributed by atoms with van der Waals surface area (Å²) in [5, 5.41) is 2.80. The number of methoxy groups -OCH3 is 1. The summed E-state index contributed by atoms with van der Waals surface area (Å²) in [7, 11) is 1.59. The van der Waals surface area contributed by atoms with E-state index in [1.54, 1.807) is 19.3 Å². The van der Waals surface area contributed by atoms with Crippen molar-refractivity contribution in [2.75, 3.05) is 12.4 Å². The van der Waals surface area contributed by atoms with Crippen LogP contribution in [0.2, 0.25) is 0 Å². The second-order valence-corrected chi connectivity index (χ2v) is 5.29. The van der Waals surface area contributed by atoms with Crippen molar-refractivity contribution >= 4 is 17.7 Å². The number of carbonyl (C=O) groups is 1. The van der Waals surface area contributed by atoms with E-state index in [0.717, 1.165) is 11.3 Å². The molecular formula is C19H21NO3. The van der Waals surface area contributed by atoms with E-state index >= 15 is 0 Å². The van der Waals surface area contributed by atoms with Crippen LogP contribution in [0.1, 0.15) is 19.4 Å². The van der Waals surface area contributed by atoms with Crippen molar-refractivity contribution in [1.29, 1.82) is 0 Å². The fourth-order valence-corrected chi connectivity index (χ4v) is 2.02. The number of anilines is 1. The summed E-state index contributed by atoms with van der Waals surface area (Å²) in [5.41, 5.74) is 1.60. The van der Waals surface area contributed by atoms with Crippen LogP contribution in [-0.4, -0.2) is 19.1 Å². The van der Waals surface area contributed by atoms with E-state index in [1.807, 2.05) is 56.3 Å². The van der Waals surface area contributed by atoms with Gasteiger partial charge in [-0.1, -0.05) is 18.2 Å². The third kappa shape index (κ3) is 5.51. The first-order valence-electron chi connectivity index (χ1n) is 7.46. The number of hydrogen-bond donors (Lipinski definition) is 1. The maximum atomic E-state index is 12.0. The Morgan fingerprint density at radius 3 is 2.57 bits per heavy atom. The summed E-state index contributed by atoms with van der Waals surface area (Å²) < 4.78 is 10.8. The summed E-state index contributed by atoms with van der Waals surface area (Å²) in [4.78, 5) is 12.0. The molecule has 0 bridgehead atoms. The van der Waals surface area contributed by atoms with Crippen LogP contribution in [0.15, 0.2) is 54.6 Å². The molecule has 2 aromatic carbocycles. The number of ether oxygens (including phenoxy) is 2. The van der Waals surface area contributed by atoms with E-state index in [0.29, 0.717) is 11.4 Å². The molecule has 0 fully saturated rings. The molecule has 0 aromatic heterocycles. The Bertz CT molecular complexity index is 693. The molecule has 0 unspecified atom stereocenters. The Morgan fingerprint density at radius 2 is 1.83 bits per heavy atom. The average molecular weight is 311 g/mol. The van der Waals surface area contributed by atoms with Gasteiger partial charge >= 0.3 is 0 Å². The molecule has 0 aliphatic carbocycles. The van der Waals surface area contributed by atoms with E-state index in [1.165, 1.54) is 6.08 Å². The maximum Gasteiger partial charge on any atom is 0.248 e. The number of amides is 1. The predicted octanol–water partition coefficient (Wildman–Crippen LogP) is 4.13. The van der Waals surface area contributed by atoms with Crippen molar-refractivity contribution in [3.63, 3.8) is 0 Å². The van der Waals surface area contributed by atoms with Gasteiger partial charge in [-0.05, 0) is 49.8 Å². The molecule has 0 aliphatic rings. The second-order valence-electron chi connectivity index (χ2n) is 5.29. The molecule has 2 rings (SSSR count). The second kappa shape index (κ2) is 8.03. The van der Waals surface area contributed by atoms with Crippen LogP contribution in [0.4, 0.5) is 5.69 Å². The van der Waals surface area contributed by atoms with Gasteiger partial charge in [-0.25, -0.2) is 0 Å². The summed E-state index contributed by atoms with van der Waals surface area (Å²) >= 11 is 0. The highest BCUT2D eigenvalue weighted by atomic mass is 16.5. The first kappa shape index (κ1) is 16.6. The third-order valence-corrected chi connectivity index (χ3v) is 2.99. The van der Waals surface area contributed by atoms with Crippen LogP contribution in [0.25, 0.3) is 6.08 Å². The summed E-state index contributed by atoms with van der Waals surface area (Å²) in [5.74, 6) is 1.29. The van der Waals surface area contributed by atoms with Crippen molar-refractivity contribution in [3.8, 4) is 11.5 Å². The highest BCUT2D eigenvalue weighted by molar-refractivity contribution is 6.02. The molecule has 0 radical (unpaired) electrons. The summed E-state index contributed by atoms with van der Waals surface area (Å²) in [6, 6.07) is 14.8. The molecule has 0 atom stereocenters. The molecule has 1 amide bonds. The summed E-state index contributed by atoms with van der Waals surface area (Å²) in [6.45, 7) is 3.95.